The van der Waals surface area contributed by atoms with Gasteiger partial charge in [0.05, 0.1) is 12.6 Å². The fraction of sp³-hybridized carbons (Fsp3) is 0.350. The number of carboxylic acid groups (broad SMARTS) is 1. The molecule has 336 valence electrons. The van der Waals surface area contributed by atoms with Crippen LogP contribution in [0.2, 0.25) is 0 Å². The second-order valence-corrected chi connectivity index (χ2v) is 14.7. The number of nitrogens with zero attached hydrogens (tertiary/aromatic N) is 2. The molecule has 0 aliphatic carbocycles. The largest absolute Gasteiger partial charge is 0.508 e. The Balaban J connectivity index is 1.35. The number of amides is 6. The molecule has 1 fully saturated rings. The third-order valence-electron chi connectivity index (χ3n) is 10.3. The molecule has 3 heterocycles. The number of aliphatic hydroxyl groups excluding tert-OH is 2. The number of carboxylic acids is 1. The highest BCUT2D eigenvalue weighted by Gasteiger charge is 2.42. The summed E-state index contributed by atoms with van der Waals surface area (Å²) < 4.78 is 6.35. The van der Waals surface area contributed by atoms with Crippen molar-refractivity contribution in [1.29, 1.82) is 0 Å². The molecule has 8 atom stereocenters. The highest BCUT2D eigenvalue weighted by atomic mass is 16.6. The first kappa shape index (κ1) is 46.6. The Bertz CT molecular complexity index is 2480. The number of hydrogen-bond donors (Lipinski definition) is 12. The predicted octanol–water partition coefficient (Wildman–Crippen LogP) is -2.67. The molecule has 63 heavy (non-hydrogen) atoms. The van der Waals surface area contributed by atoms with Crippen molar-refractivity contribution >= 4 is 46.5 Å². The highest BCUT2D eigenvalue weighted by Crippen LogP contribution is 2.30. The van der Waals surface area contributed by atoms with Gasteiger partial charge < -0.3 is 67.4 Å². The Morgan fingerprint density at radius 3 is 2.29 bits per heavy atom. The van der Waals surface area contributed by atoms with E-state index in [1.165, 1.54) is 45.2 Å². The van der Waals surface area contributed by atoms with Crippen LogP contribution in [0.15, 0.2) is 88.5 Å². The van der Waals surface area contributed by atoms with Crippen LogP contribution >= 0.6 is 0 Å². The fourth-order valence-corrected chi connectivity index (χ4v) is 6.66. The number of para-hydroxylation sites is 1. The van der Waals surface area contributed by atoms with Crippen LogP contribution in [0.5, 0.6) is 5.75 Å². The molecule has 0 spiro atoms. The maximum Gasteiger partial charge on any atom is 0.331 e. The third kappa shape index (κ3) is 11.5. The number of phenolic OH excluding ortho intramolecular Hbond substituents is 1. The lowest BCUT2D eigenvalue weighted by molar-refractivity contribution is -0.140. The van der Waals surface area contributed by atoms with Gasteiger partial charge in [-0.3, -0.25) is 33.5 Å². The molecule has 0 saturated carbocycles. The number of carbonyl (C=O) groups excluding carboxylic acids is 5. The minimum absolute atomic E-state index is 0.0443. The van der Waals surface area contributed by atoms with Crippen LogP contribution in [0, 0.1) is 0 Å². The average Bonchev–Trinajstić information content (AvgIpc) is 3.79. The van der Waals surface area contributed by atoms with Gasteiger partial charge in [-0.25, -0.2) is 14.4 Å². The van der Waals surface area contributed by atoms with E-state index in [-0.39, 0.29) is 18.6 Å². The van der Waals surface area contributed by atoms with Crippen LogP contribution in [-0.2, 0) is 41.6 Å². The van der Waals surface area contributed by atoms with Crippen LogP contribution in [0.1, 0.15) is 31.2 Å². The topological polar surface area (TPSA) is 353 Å². The quantitative estimate of drug-likeness (QED) is 0.0515. The van der Waals surface area contributed by atoms with Crippen molar-refractivity contribution in [2.75, 3.05) is 13.6 Å². The lowest BCUT2D eigenvalue weighted by atomic mass is 10.0. The number of H-pyrrole nitrogens is 2. The second kappa shape index (κ2) is 20.4. The predicted molar refractivity (Wildman–Crippen MR) is 221 cm³/mol. The van der Waals surface area contributed by atoms with Crippen molar-refractivity contribution < 1.29 is 53.9 Å². The lowest BCUT2D eigenvalue weighted by Gasteiger charge is -2.34. The van der Waals surface area contributed by atoms with Crippen molar-refractivity contribution in [3.05, 3.63) is 111 Å². The smallest absolute Gasteiger partial charge is 0.331 e. The van der Waals surface area contributed by atoms with Crippen molar-refractivity contribution in [2.24, 2.45) is 5.73 Å². The number of fused-ring (bicyclic) bond motifs is 1. The number of nitrogens with one attached hydrogen (secondary N) is 7. The number of aliphatic hydroxyl groups is 2. The number of benzene rings is 2. The zero-order valence-electron chi connectivity index (χ0n) is 34.1. The van der Waals surface area contributed by atoms with Crippen LogP contribution in [-0.4, -0.2) is 131 Å². The Hall–Kier alpha value is -7.50. The minimum atomic E-state index is -1.80. The maximum absolute atomic E-state index is 14.0. The van der Waals surface area contributed by atoms with Gasteiger partial charge in [0.1, 0.15) is 47.9 Å². The Labute approximate surface area is 357 Å². The summed E-state index contributed by atoms with van der Waals surface area (Å²) in [4.78, 5) is 109. The first-order valence-corrected chi connectivity index (χ1v) is 19.4. The summed E-state index contributed by atoms with van der Waals surface area (Å²) in [5, 5.41) is 53.8. The van der Waals surface area contributed by atoms with Gasteiger partial charge in [0.2, 0.25) is 29.9 Å². The van der Waals surface area contributed by atoms with Crippen LogP contribution < -0.4 is 43.6 Å². The van der Waals surface area contributed by atoms with Crippen molar-refractivity contribution in [1.82, 2.24) is 46.0 Å². The first-order valence-electron chi connectivity index (χ1n) is 19.4. The molecule has 1 unspecified atom stereocenters. The van der Waals surface area contributed by atoms with E-state index in [0.717, 1.165) is 38.8 Å². The SMILES string of the molecule is C[C@H](NC(=O)N[C@@H](Cc1c[nH]c2ccccc12)C(=O)O)C(=O)N[C@H](C(=O)N/C=C1\OC(n2ccc(=O)[nH]c2=O)[C@H](O)[C@@H]1O)[C@H](C)N(C)C(=O)[C@H](Cc1ccc(O)cc1)NC(=O)CN. The van der Waals surface area contributed by atoms with Crippen LogP contribution in [0.25, 0.3) is 10.9 Å². The van der Waals surface area contributed by atoms with Crippen LogP contribution in [0.4, 0.5) is 4.79 Å². The molecule has 4 aromatic rings. The van der Waals surface area contributed by atoms with E-state index in [9.17, 15) is 58.8 Å². The first-order chi connectivity index (χ1) is 29.9. The number of hydrogen-bond acceptors (Lipinski definition) is 13. The summed E-state index contributed by atoms with van der Waals surface area (Å²) in [6, 6.07) is 5.88. The van der Waals surface area contributed by atoms with Gasteiger partial charge in [-0.1, -0.05) is 30.3 Å². The average molecular weight is 877 g/mol. The number of likely N-dealkylation sites (N-methyl/N-ethyl adjacent to an activating group) is 1. The summed E-state index contributed by atoms with van der Waals surface area (Å²) in [6.07, 6.45) is -1.80. The third-order valence-corrected chi connectivity index (χ3v) is 10.3. The van der Waals surface area contributed by atoms with E-state index in [1.807, 2.05) is 4.98 Å². The zero-order chi connectivity index (χ0) is 46.1. The number of aliphatic carboxylic acids is 1. The number of nitrogens with two attached hydrogens (primary N) is 1. The van der Waals surface area contributed by atoms with E-state index in [2.05, 4.69) is 31.6 Å². The molecule has 23 nitrogen and oxygen atoms in total. The van der Waals surface area contributed by atoms with E-state index in [0.29, 0.717) is 11.1 Å². The summed E-state index contributed by atoms with van der Waals surface area (Å²) in [5.74, 6) is -5.27. The molecular weight excluding hydrogens is 828 g/mol. The number of aromatic amines is 2. The number of urea groups is 1. The standard InChI is InChI=1S/C40H48N10O13/c1-19(44-39(61)46-27(38(59)60)15-22-17-42-25-7-5-4-6-24(22)25)34(56)48-31(20(2)49(3)36(58)26(45-30(53)16-41)14-21-8-10-23(51)11-9-21)35(57)43-18-28-32(54)33(55)37(63-28)50-13-12-29(52)47-40(50)62/h4-13,17-20,26-27,31-33,37,42,51,54-55H,14-16,41H2,1-3H3,(H,43,57)(H,45,53)(H,48,56)(H,59,60)(H2,44,46,61)(H,47,52,62)/b28-18-/t19-,20-,26-,27-,31-,32+,33+,37?/m0/s1. The molecule has 5 rings (SSSR count). The number of rotatable bonds is 17. The minimum Gasteiger partial charge on any atom is -0.508 e. The van der Waals surface area contributed by atoms with Crippen molar-refractivity contribution in [2.45, 2.75) is 75.3 Å². The lowest BCUT2D eigenvalue weighted by Crippen LogP contribution is -2.62. The van der Waals surface area contributed by atoms with Gasteiger partial charge in [-0.05, 0) is 43.2 Å². The maximum atomic E-state index is 14.0. The summed E-state index contributed by atoms with van der Waals surface area (Å²) in [6.45, 7) is 2.16. The van der Waals surface area contributed by atoms with Gasteiger partial charge in [-0.2, -0.15) is 0 Å². The number of ether oxygens (including phenoxy) is 1. The molecule has 0 radical (unpaired) electrons. The Morgan fingerprint density at radius 1 is 0.921 bits per heavy atom. The van der Waals surface area contributed by atoms with E-state index >= 15 is 0 Å². The molecule has 23 heteroatoms. The van der Waals surface area contributed by atoms with E-state index in [1.54, 1.807) is 30.5 Å². The molecule has 13 N–H and O–H groups in total. The summed E-state index contributed by atoms with van der Waals surface area (Å²) >= 11 is 0. The number of carbonyl (C=O) groups is 6. The molecule has 6 amide bonds. The van der Waals surface area contributed by atoms with Gasteiger partial charge in [0.25, 0.3) is 5.56 Å². The molecular formula is C40H48N10O13. The molecule has 1 saturated heterocycles. The molecule has 0 bridgehead atoms. The van der Waals surface area contributed by atoms with Gasteiger partial charge in [0, 0.05) is 55.5 Å². The molecule has 1 aliphatic heterocycles. The number of aromatic hydroxyl groups is 1. The second-order valence-electron chi connectivity index (χ2n) is 14.7. The Morgan fingerprint density at radius 2 is 1.62 bits per heavy atom. The molecule has 2 aromatic carbocycles. The highest BCUT2D eigenvalue weighted by molar-refractivity contribution is 5.94. The Kier molecular flexibility index (Phi) is 15.1. The summed E-state index contributed by atoms with van der Waals surface area (Å²) in [7, 11) is 1.29. The van der Waals surface area contributed by atoms with Gasteiger partial charge in [0.15, 0.2) is 0 Å². The van der Waals surface area contributed by atoms with E-state index in [4.69, 9.17) is 10.5 Å². The fourth-order valence-electron chi connectivity index (χ4n) is 6.66. The normalized spacial score (nSPS) is 18.8. The zero-order valence-corrected chi connectivity index (χ0v) is 34.1. The molecule has 1 aliphatic rings. The number of phenols is 1. The van der Waals surface area contributed by atoms with Crippen molar-refractivity contribution in [3.63, 3.8) is 0 Å². The number of aromatic nitrogens is 3. The van der Waals surface area contributed by atoms with E-state index < -0.39 is 108 Å². The van der Waals surface area contributed by atoms with Crippen molar-refractivity contribution in [3.8, 4) is 5.75 Å². The monoisotopic (exact) mass is 876 g/mol. The molecule has 2 aromatic heterocycles. The van der Waals surface area contributed by atoms with Gasteiger partial charge in [-0.15, -0.1) is 0 Å². The van der Waals surface area contributed by atoms with Gasteiger partial charge >= 0.3 is 17.7 Å². The summed E-state index contributed by atoms with van der Waals surface area (Å²) in [5.41, 5.74) is 5.71. The van der Waals surface area contributed by atoms with Crippen LogP contribution in [0.3, 0.4) is 0 Å².